The third kappa shape index (κ3) is 1.74. The summed E-state index contributed by atoms with van der Waals surface area (Å²) in [5.74, 6) is 2.56. The van der Waals surface area contributed by atoms with Crippen LogP contribution in [0.5, 0.6) is 5.75 Å². The Kier molecular flexibility index (Phi) is 2.97. The van der Waals surface area contributed by atoms with Crippen molar-refractivity contribution in [2.45, 2.75) is 44.9 Å². The van der Waals surface area contributed by atoms with Gasteiger partial charge in [-0.2, -0.15) is 0 Å². The molecular weight excluding hydrogens is 276 g/mol. The van der Waals surface area contributed by atoms with Gasteiger partial charge in [0.25, 0.3) is 0 Å². The molecule has 3 aliphatic carbocycles. The van der Waals surface area contributed by atoms with Crippen LogP contribution in [-0.2, 0) is 4.79 Å². The highest BCUT2D eigenvalue weighted by atomic mass is 16.5. The molecule has 3 nitrogen and oxygen atoms in total. The number of ketones is 2. The summed E-state index contributed by atoms with van der Waals surface area (Å²) in [6.07, 6.45) is 4.26. The molecule has 0 saturated heterocycles. The topological polar surface area (TPSA) is 43.4 Å². The minimum absolute atomic E-state index is 0.175. The van der Waals surface area contributed by atoms with Gasteiger partial charge in [-0.25, -0.2) is 0 Å². The van der Waals surface area contributed by atoms with Crippen molar-refractivity contribution in [3.8, 4) is 5.75 Å². The summed E-state index contributed by atoms with van der Waals surface area (Å²) in [4.78, 5) is 25.0. The zero-order valence-corrected chi connectivity index (χ0v) is 13.2. The molecule has 1 aromatic carbocycles. The molecule has 0 aliphatic heterocycles. The number of methoxy groups -OCH3 is 1. The molecule has 22 heavy (non-hydrogen) atoms. The first-order valence-electron chi connectivity index (χ1n) is 8.29. The van der Waals surface area contributed by atoms with E-state index in [2.05, 4.69) is 13.0 Å². The monoisotopic (exact) mass is 298 g/mol. The number of hydrogen-bond acceptors (Lipinski definition) is 3. The summed E-state index contributed by atoms with van der Waals surface area (Å²) >= 11 is 0. The van der Waals surface area contributed by atoms with Crippen molar-refractivity contribution in [2.24, 2.45) is 17.3 Å². The molecule has 1 aromatic rings. The molecule has 0 radical (unpaired) electrons. The fraction of sp³-hybridized carbons (Fsp3) is 0.579. The number of carbonyl (C=O) groups excluding carboxylic acids is 2. The molecule has 0 unspecified atom stereocenters. The summed E-state index contributed by atoms with van der Waals surface area (Å²) in [5, 5.41) is 0. The second-order valence-corrected chi connectivity index (χ2v) is 7.38. The van der Waals surface area contributed by atoms with Crippen LogP contribution < -0.4 is 4.74 Å². The second-order valence-electron chi connectivity index (χ2n) is 7.38. The number of fused-ring (bicyclic) bond motifs is 5. The van der Waals surface area contributed by atoms with E-state index >= 15 is 0 Å². The molecule has 0 heterocycles. The molecule has 3 aliphatic rings. The fourth-order valence-corrected chi connectivity index (χ4v) is 5.28. The Hall–Kier alpha value is -1.64. The lowest BCUT2D eigenvalue weighted by atomic mass is 9.55. The summed E-state index contributed by atoms with van der Waals surface area (Å²) < 4.78 is 5.27. The number of ether oxygens (including phenoxy) is 1. The highest BCUT2D eigenvalue weighted by Crippen LogP contribution is 2.59. The van der Waals surface area contributed by atoms with Gasteiger partial charge in [0.15, 0.2) is 5.78 Å². The van der Waals surface area contributed by atoms with Gasteiger partial charge >= 0.3 is 0 Å². The van der Waals surface area contributed by atoms with Crippen molar-refractivity contribution >= 4 is 11.6 Å². The summed E-state index contributed by atoms with van der Waals surface area (Å²) in [5.41, 5.74) is 1.85. The molecule has 0 aromatic heterocycles. The highest BCUT2D eigenvalue weighted by molar-refractivity contribution is 5.99. The normalized spacial score (nSPS) is 36.5. The molecular formula is C19H22O3. The third-order valence-corrected chi connectivity index (χ3v) is 6.53. The standard InChI is InChI=1S/C19H22O3/c1-19-8-7-13-12-4-3-11(22-2)9-15(12)17(20)10-14(13)16(19)5-6-18(19)21/h3-4,9,13-14,16H,5-8,10H2,1-2H3/t13-,14-,16+,19+/m1/s1. The van der Waals surface area contributed by atoms with E-state index in [1.807, 2.05) is 12.1 Å². The average Bonchev–Trinajstić information content (AvgIpc) is 2.83. The van der Waals surface area contributed by atoms with Crippen molar-refractivity contribution in [3.05, 3.63) is 29.3 Å². The lowest BCUT2D eigenvalue weighted by Gasteiger charge is -2.47. The first-order valence-corrected chi connectivity index (χ1v) is 8.29. The molecule has 4 atom stereocenters. The zero-order valence-electron chi connectivity index (χ0n) is 13.2. The number of benzene rings is 1. The Bertz CT molecular complexity index is 663. The van der Waals surface area contributed by atoms with Crippen LogP contribution >= 0.6 is 0 Å². The number of rotatable bonds is 1. The smallest absolute Gasteiger partial charge is 0.163 e. The fourth-order valence-electron chi connectivity index (χ4n) is 5.28. The van der Waals surface area contributed by atoms with Crippen LogP contribution in [0.1, 0.15) is 60.9 Å². The molecule has 0 bridgehead atoms. The van der Waals surface area contributed by atoms with Crippen LogP contribution in [0.25, 0.3) is 0 Å². The van der Waals surface area contributed by atoms with Gasteiger partial charge in [-0.3, -0.25) is 9.59 Å². The van der Waals surface area contributed by atoms with Gasteiger partial charge in [0, 0.05) is 23.8 Å². The molecule has 3 heteroatoms. The summed E-state index contributed by atoms with van der Waals surface area (Å²) in [6, 6.07) is 5.92. The maximum absolute atomic E-state index is 12.6. The second kappa shape index (κ2) is 4.68. The van der Waals surface area contributed by atoms with E-state index in [9.17, 15) is 9.59 Å². The van der Waals surface area contributed by atoms with E-state index in [0.29, 0.717) is 36.4 Å². The van der Waals surface area contributed by atoms with Gasteiger partial charge in [0.2, 0.25) is 0 Å². The highest BCUT2D eigenvalue weighted by Gasteiger charge is 2.55. The van der Waals surface area contributed by atoms with Gasteiger partial charge in [0.05, 0.1) is 7.11 Å². The molecule has 2 fully saturated rings. The van der Waals surface area contributed by atoms with Gasteiger partial charge in [-0.1, -0.05) is 13.0 Å². The van der Waals surface area contributed by atoms with Crippen LogP contribution in [0.3, 0.4) is 0 Å². The van der Waals surface area contributed by atoms with Crippen LogP contribution in [0.2, 0.25) is 0 Å². The van der Waals surface area contributed by atoms with Crippen LogP contribution in [0.15, 0.2) is 18.2 Å². The van der Waals surface area contributed by atoms with Crippen molar-refractivity contribution in [3.63, 3.8) is 0 Å². The quantitative estimate of drug-likeness (QED) is 0.793. The number of carbonyl (C=O) groups is 2. The Morgan fingerprint density at radius 1 is 1.23 bits per heavy atom. The largest absolute Gasteiger partial charge is 0.497 e. The number of Topliss-reactive ketones (excluding diaryl/α,β-unsaturated/α-hetero) is 2. The Morgan fingerprint density at radius 3 is 2.82 bits per heavy atom. The minimum Gasteiger partial charge on any atom is -0.497 e. The van der Waals surface area contributed by atoms with E-state index in [-0.39, 0.29) is 11.2 Å². The van der Waals surface area contributed by atoms with Gasteiger partial charge in [-0.15, -0.1) is 0 Å². The molecule has 2 saturated carbocycles. The summed E-state index contributed by atoms with van der Waals surface area (Å²) in [6.45, 7) is 2.14. The average molecular weight is 298 g/mol. The molecule has 0 N–H and O–H groups in total. The van der Waals surface area contributed by atoms with E-state index in [1.165, 1.54) is 5.56 Å². The van der Waals surface area contributed by atoms with Crippen LogP contribution in [-0.4, -0.2) is 18.7 Å². The van der Waals surface area contributed by atoms with Gasteiger partial charge < -0.3 is 4.74 Å². The van der Waals surface area contributed by atoms with Crippen LogP contribution in [0, 0.1) is 17.3 Å². The number of hydrogen-bond donors (Lipinski definition) is 0. The lowest BCUT2D eigenvalue weighted by molar-refractivity contribution is -0.129. The SMILES string of the molecule is COc1ccc2c(c1)C(=O)C[C@@H]1[C@@H]2CC[C@]2(C)C(=O)CC[C@@H]12. The lowest BCUT2D eigenvalue weighted by Crippen LogP contribution is -2.43. The van der Waals surface area contributed by atoms with Gasteiger partial charge in [-0.05, 0) is 54.7 Å². The molecule has 116 valence electrons. The Morgan fingerprint density at radius 2 is 2.05 bits per heavy atom. The van der Waals surface area contributed by atoms with Crippen LogP contribution in [0.4, 0.5) is 0 Å². The van der Waals surface area contributed by atoms with Gasteiger partial charge in [0.1, 0.15) is 11.5 Å². The maximum Gasteiger partial charge on any atom is 0.163 e. The predicted octanol–water partition coefficient (Wildman–Crippen LogP) is 3.76. The van der Waals surface area contributed by atoms with E-state index in [1.54, 1.807) is 7.11 Å². The molecule has 0 spiro atoms. The minimum atomic E-state index is -0.175. The van der Waals surface area contributed by atoms with Crippen molar-refractivity contribution in [1.82, 2.24) is 0 Å². The predicted molar refractivity (Wildman–Crippen MR) is 83.2 cm³/mol. The Labute approximate surface area is 131 Å². The van der Waals surface area contributed by atoms with E-state index in [4.69, 9.17) is 4.74 Å². The molecule has 0 amide bonds. The van der Waals surface area contributed by atoms with E-state index in [0.717, 1.165) is 30.6 Å². The van der Waals surface area contributed by atoms with Crippen molar-refractivity contribution < 1.29 is 14.3 Å². The van der Waals surface area contributed by atoms with E-state index < -0.39 is 0 Å². The summed E-state index contributed by atoms with van der Waals surface area (Å²) in [7, 11) is 1.63. The third-order valence-electron chi connectivity index (χ3n) is 6.53. The zero-order chi connectivity index (χ0) is 15.5. The maximum atomic E-state index is 12.6. The molecule has 4 rings (SSSR count). The first-order chi connectivity index (χ1) is 10.5. The van der Waals surface area contributed by atoms with Crippen molar-refractivity contribution in [1.29, 1.82) is 0 Å². The van der Waals surface area contributed by atoms with Crippen molar-refractivity contribution in [2.75, 3.05) is 7.11 Å². The Balaban J connectivity index is 1.76. The first kappa shape index (κ1) is 14.0.